The van der Waals surface area contributed by atoms with Gasteiger partial charge in [0, 0.05) is 10.7 Å². The molecule has 0 amide bonds. The molecule has 1 heterocycles. The lowest BCUT2D eigenvalue weighted by molar-refractivity contribution is 0.430. The molecular formula is C21H20BrN3O3. The Morgan fingerprint density at radius 2 is 1.71 bits per heavy atom. The number of halogens is 1. The first-order valence-electron chi connectivity index (χ1n) is 8.65. The predicted octanol–water partition coefficient (Wildman–Crippen LogP) is 3.98. The third-order valence-corrected chi connectivity index (χ3v) is 5.53. The highest BCUT2D eigenvalue weighted by Crippen LogP contribution is 2.26. The summed E-state index contributed by atoms with van der Waals surface area (Å²) >= 11 is 3.45. The monoisotopic (exact) mass is 441 g/mol. The van der Waals surface area contributed by atoms with Gasteiger partial charge < -0.3 is 5.11 Å². The quantitative estimate of drug-likeness (QED) is 0.602. The molecule has 1 aromatic heterocycles. The van der Waals surface area contributed by atoms with Gasteiger partial charge in [-0.2, -0.15) is 0 Å². The van der Waals surface area contributed by atoms with Gasteiger partial charge in [0.25, 0.3) is 5.56 Å². The first-order valence-corrected chi connectivity index (χ1v) is 9.45. The van der Waals surface area contributed by atoms with E-state index in [1.165, 1.54) is 6.21 Å². The zero-order valence-electron chi connectivity index (χ0n) is 16.0. The number of aliphatic imine (C=N–C) groups is 1. The predicted molar refractivity (Wildman–Crippen MR) is 115 cm³/mol. The van der Waals surface area contributed by atoms with Crippen molar-refractivity contribution < 1.29 is 5.11 Å². The molecule has 28 heavy (non-hydrogen) atoms. The van der Waals surface area contributed by atoms with E-state index < -0.39 is 17.1 Å². The molecule has 0 aliphatic carbocycles. The summed E-state index contributed by atoms with van der Waals surface area (Å²) in [6.45, 7) is 7.66. The number of nitrogens with zero attached hydrogens (tertiary/aromatic N) is 2. The van der Waals surface area contributed by atoms with Gasteiger partial charge in [-0.15, -0.1) is 0 Å². The van der Waals surface area contributed by atoms with Crippen LogP contribution in [0.15, 0.2) is 49.4 Å². The lowest BCUT2D eigenvalue weighted by Crippen LogP contribution is -2.31. The molecule has 7 heteroatoms. The fourth-order valence-electron chi connectivity index (χ4n) is 2.83. The number of H-pyrrole nitrogens is 1. The SMILES string of the molecule is Cc1ccc(N=Cc2c(O)n(-c3cc(C)c(Br)cc3C)c(=O)[nH]c2=O)cc1C. The van der Waals surface area contributed by atoms with Crippen LogP contribution < -0.4 is 11.2 Å². The van der Waals surface area contributed by atoms with Crippen molar-refractivity contribution in [3.63, 3.8) is 0 Å². The van der Waals surface area contributed by atoms with Crippen molar-refractivity contribution in [3.8, 4) is 11.6 Å². The van der Waals surface area contributed by atoms with Crippen molar-refractivity contribution in [2.24, 2.45) is 4.99 Å². The number of benzene rings is 2. The van der Waals surface area contributed by atoms with Gasteiger partial charge in [-0.25, -0.2) is 9.36 Å². The summed E-state index contributed by atoms with van der Waals surface area (Å²) in [5.41, 5.74) is 3.50. The number of hydrogen-bond acceptors (Lipinski definition) is 4. The van der Waals surface area contributed by atoms with Crippen molar-refractivity contribution in [1.29, 1.82) is 0 Å². The van der Waals surface area contributed by atoms with Gasteiger partial charge >= 0.3 is 5.69 Å². The van der Waals surface area contributed by atoms with Crippen LogP contribution in [0.4, 0.5) is 5.69 Å². The van der Waals surface area contributed by atoms with Gasteiger partial charge in [0.1, 0.15) is 5.56 Å². The van der Waals surface area contributed by atoms with E-state index in [4.69, 9.17) is 0 Å². The van der Waals surface area contributed by atoms with E-state index in [-0.39, 0.29) is 5.56 Å². The number of aromatic amines is 1. The number of aromatic nitrogens is 2. The van der Waals surface area contributed by atoms with Crippen LogP contribution in [0.5, 0.6) is 5.88 Å². The van der Waals surface area contributed by atoms with Crippen LogP contribution in [-0.4, -0.2) is 20.9 Å². The highest BCUT2D eigenvalue weighted by Gasteiger charge is 2.16. The topological polar surface area (TPSA) is 87.4 Å². The fraction of sp³-hybridized carbons (Fsp3) is 0.190. The van der Waals surface area contributed by atoms with E-state index in [2.05, 4.69) is 25.9 Å². The van der Waals surface area contributed by atoms with Crippen LogP contribution in [0.1, 0.15) is 27.8 Å². The molecule has 0 saturated carbocycles. The molecule has 144 valence electrons. The second kappa shape index (κ2) is 7.59. The summed E-state index contributed by atoms with van der Waals surface area (Å²) < 4.78 is 1.97. The molecule has 3 rings (SSSR count). The highest BCUT2D eigenvalue weighted by atomic mass is 79.9. The molecule has 0 atom stereocenters. The van der Waals surface area contributed by atoms with Gasteiger partial charge in [-0.1, -0.05) is 22.0 Å². The minimum absolute atomic E-state index is 0.0854. The number of aryl methyl sites for hydroxylation is 4. The Hall–Kier alpha value is -2.93. The fourth-order valence-corrected chi connectivity index (χ4v) is 3.29. The lowest BCUT2D eigenvalue weighted by Gasteiger charge is -2.14. The Morgan fingerprint density at radius 1 is 1.00 bits per heavy atom. The van der Waals surface area contributed by atoms with Crippen LogP contribution in [0.3, 0.4) is 0 Å². The minimum Gasteiger partial charge on any atom is -0.493 e. The minimum atomic E-state index is -0.712. The molecule has 0 bridgehead atoms. The maximum absolute atomic E-state index is 12.4. The second-order valence-corrected chi connectivity index (χ2v) is 7.60. The lowest BCUT2D eigenvalue weighted by atomic mass is 10.1. The second-order valence-electron chi connectivity index (χ2n) is 6.75. The zero-order chi connectivity index (χ0) is 20.6. The van der Waals surface area contributed by atoms with Crippen LogP contribution in [0, 0.1) is 27.7 Å². The number of hydrogen-bond donors (Lipinski definition) is 2. The van der Waals surface area contributed by atoms with E-state index in [9.17, 15) is 14.7 Å². The number of rotatable bonds is 3. The summed E-state index contributed by atoms with van der Waals surface area (Å²) in [7, 11) is 0. The van der Waals surface area contributed by atoms with Crippen molar-refractivity contribution in [2.45, 2.75) is 27.7 Å². The molecule has 0 unspecified atom stereocenters. The molecule has 0 spiro atoms. The first-order chi connectivity index (χ1) is 13.2. The van der Waals surface area contributed by atoms with Gasteiger partial charge in [-0.3, -0.25) is 14.8 Å². The maximum Gasteiger partial charge on any atom is 0.335 e. The third kappa shape index (κ3) is 3.71. The number of aromatic hydroxyl groups is 1. The molecule has 0 saturated heterocycles. The Balaban J connectivity index is 2.17. The normalized spacial score (nSPS) is 11.3. The summed E-state index contributed by atoms with van der Waals surface area (Å²) in [5.74, 6) is -0.453. The van der Waals surface area contributed by atoms with Crippen LogP contribution in [-0.2, 0) is 0 Å². The molecule has 6 nitrogen and oxygen atoms in total. The smallest absolute Gasteiger partial charge is 0.335 e. The molecule has 0 aliphatic heterocycles. The molecule has 0 aliphatic rings. The van der Waals surface area contributed by atoms with Crippen LogP contribution >= 0.6 is 15.9 Å². The molecule has 0 fully saturated rings. The van der Waals surface area contributed by atoms with Crippen LogP contribution in [0.25, 0.3) is 5.69 Å². The van der Waals surface area contributed by atoms with E-state index in [0.29, 0.717) is 11.4 Å². The van der Waals surface area contributed by atoms with E-state index in [1.807, 2.05) is 52.0 Å². The van der Waals surface area contributed by atoms with Gasteiger partial charge in [-0.05, 0) is 74.2 Å². The summed E-state index contributed by atoms with van der Waals surface area (Å²) in [5, 5.41) is 10.7. The molecule has 2 N–H and O–H groups in total. The third-order valence-electron chi connectivity index (χ3n) is 4.67. The average molecular weight is 442 g/mol. The summed E-state index contributed by atoms with van der Waals surface area (Å²) in [4.78, 5) is 31.2. The van der Waals surface area contributed by atoms with E-state index in [0.717, 1.165) is 31.3 Å². The van der Waals surface area contributed by atoms with Gasteiger partial charge in [0.05, 0.1) is 11.4 Å². The average Bonchev–Trinajstić information content (AvgIpc) is 2.61. The largest absolute Gasteiger partial charge is 0.493 e. The number of nitrogens with one attached hydrogen (secondary N) is 1. The van der Waals surface area contributed by atoms with E-state index >= 15 is 0 Å². The van der Waals surface area contributed by atoms with Crippen molar-refractivity contribution in [1.82, 2.24) is 9.55 Å². The Labute approximate surface area is 170 Å². The standard InChI is InChI=1S/C21H20BrN3O3/c1-11-5-6-15(7-12(11)2)23-10-16-19(26)24-21(28)25(20(16)27)18-9-13(3)17(22)8-14(18)4/h5-10,27H,1-4H3,(H,24,26,28). The Bertz CT molecular complexity index is 1220. The van der Waals surface area contributed by atoms with Crippen LogP contribution in [0.2, 0.25) is 0 Å². The molecule has 0 radical (unpaired) electrons. The van der Waals surface area contributed by atoms with Crippen molar-refractivity contribution in [3.05, 3.63) is 83.5 Å². The molecule has 2 aromatic carbocycles. The van der Waals surface area contributed by atoms with Gasteiger partial charge in [0.2, 0.25) is 5.88 Å². The van der Waals surface area contributed by atoms with E-state index in [1.54, 1.807) is 6.07 Å². The molecular weight excluding hydrogens is 422 g/mol. The molecule has 3 aromatic rings. The zero-order valence-corrected chi connectivity index (χ0v) is 17.6. The first kappa shape index (κ1) is 19.8. The Kier molecular flexibility index (Phi) is 5.38. The maximum atomic E-state index is 12.4. The van der Waals surface area contributed by atoms with Crippen molar-refractivity contribution in [2.75, 3.05) is 0 Å². The Morgan fingerprint density at radius 3 is 2.39 bits per heavy atom. The summed E-state index contributed by atoms with van der Waals surface area (Å²) in [6.07, 6.45) is 1.27. The van der Waals surface area contributed by atoms with Gasteiger partial charge in [0.15, 0.2) is 0 Å². The highest BCUT2D eigenvalue weighted by molar-refractivity contribution is 9.10. The summed E-state index contributed by atoms with van der Waals surface area (Å²) in [6, 6.07) is 9.26. The van der Waals surface area contributed by atoms with Crippen molar-refractivity contribution >= 4 is 27.8 Å².